The Hall–Kier alpha value is -1.09. The monoisotopic (exact) mass is 454 g/mol. The molecular formula is C16H15BrClF3N2OS. The normalized spacial score (nSPS) is 11.6. The maximum absolute atomic E-state index is 13.7. The van der Waals surface area contributed by atoms with Crippen LogP contribution >= 0.6 is 39.7 Å². The number of thiocarbonyl (C=S) groups is 1. The van der Waals surface area contributed by atoms with E-state index in [9.17, 15) is 13.2 Å². The first-order valence-corrected chi connectivity index (χ1v) is 8.85. The third-order valence-electron chi connectivity index (χ3n) is 3.47. The van der Waals surface area contributed by atoms with Crippen LogP contribution in [0.1, 0.15) is 18.2 Å². The van der Waals surface area contributed by atoms with Crippen molar-refractivity contribution in [2.45, 2.75) is 19.8 Å². The average Bonchev–Trinajstić information content (AvgIpc) is 2.85. The molecule has 2 aromatic rings. The second-order valence-electron chi connectivity index (χ2n) is 5.02. The molecule has 136 valence electrons. The van der Waals surface area contributed by atoms with Gasteiger partial charge >= 0.3 is 6.18 Å². The summed E-state index contributed by atoms with van der Waals surface area (Å²) in [6.45, 7) is 1.74. The standard InChI is InChI=1S/C16H15BrClF3N2OS/c1-3-24-8-23-13(9-4-6-10(18)7-5-9)11(15(25)22-2)12(17)14(23)16(19,20)21/h4-7H,3,8H2,1-2H3,(H,22,25). The van der Waals surface area contributed by atoms with Crippen molar-refractivity contribution >= 4 is 44.7 Å². The van der Waals surface area contributed by atoms with E-state index in [0.717, 1.165) is 4.57 Å². The summed E-state index contributed by atoms with van der Waals surface area (Å²) in [5.74, 6) is 0. The summed E-state index contributed by atoms with van der Waals surface area (Å²) >= 11 is 14.2. The topological polar surface area (TPSA) is 26.2 Å². The molecule has 0 aliphatic carbocycles. The fourth-order valence-electron chi connectivity index (χ4n) is 2.42. The van der Waals surface area contributed by atoms with E-state index >= 15 is 0 Å². The number of aromatic nitrogens is 1. The number of nitrogens with zero attached hydrogens (tertiary/aromatic N) is 1. The molecule has 0 atom stereocenters. The minimum Gasteiger partial charge on any atom is -0.379 e. The molecule has 0 unspecified atom stereocenters. The van der Waals surface area contributed by atoms with Crippen LogP contribution in [0.4, 0.5) is 13.2 Å². The molecule has 0 fully saturated rings. The van der Waals surface area contributed by atoms with E-state index in [-0.39, 0.29) is 28.4 Å². The third-order valence-corrected chi connectivity index (χ3v) is 4.90. The van der Waals surface area contributed by atoms with Crippen molar-refractivity contribution in [2.75, 3.05) is 13.7 Å². The fraction of sp³-hybridized carbons (Fsp3) is 0.312. The van der Waals surface area contributed by atoms with Gasteiger partial charge in [-0.3, -0.25) is 0 Å². The molecule has 0 spiro atoms. The first-order valence-electron chi connectivity index (χ1n) is 7.27. The van der Waals surface area contributed by atoms with Crippen LogP contribution in [0.25, 0.3) is 11.3 Å². The Labute approximate surface area is 162 Å². The molecule has 1 N–H and O–H groups in total. The van der Waals surface area contributed by atoms with Gasteiger partial charge in [-0.2, -0.15) is 13.2 Å². The predicted octanol–water partition coefficient (Wildman–Crippen LogP) is 5.48. The molecule has 1 heterocycles. The molecule has 0 saturated heterocycles. The summed E-state index contributed by atoms with van der Waals surface area (Å²) in [7, 11) is 1.56. The van der Waals surface area contributed by atoms with Crippen molar-refractivity contribution in [1.82, 2.24) is 9.88 Å². The number of ether oxygens (including phenoxy) is 1. The molecule has 0 bridgehead atoms. The summed E-state index contributed by atoms with van der Waals surface area (Å²) in [6.07, 6.45) is -4.58. The molecule has 0 saturated carbocycles. The van der Waals surface area contributed by atoms with Gasteiger partial charge in [0.2, 0.25) is 0 Å². The number of hydrogen-bond donors (Lipinski definition) is 1. The Morgan fingerprint density at radius 2 is 1.92 bits per heavy atom. The van der Waals surface area contributed by atoms with Crippen molar-refractivity contribution < 1.29 is 17.9 Å². The van der Waals surface area contributed by atoms with Crippen molar-refractivity contribution in [3.63, 3.8) is 0 Å². The Bertz CT molecular complexity index is 775. The van der Waals surface area contributed by atoms with Crippen LogP contribution in [-0.4, -0.2) is 23.2 Å². The van der Waals surface area contributed by atoms with E-state index in [0.29, 0.717) is 16.3 Å². The molecule has 2 rings (SSSR count). The maximum Gasteiger partial charge on any atom is 0.432 e. The maximum atomic E-state index is 13.7. The van der Waals surface area contributed by atoms with Crippen molar-refractivity contribution in [2.24, 2.45) is 0 Å². The Kier molecular flexibility index (Phi) is 6.53. The van der Waals surface area contributed by atoms with Gasteiger partial charge in [0.25, 0.3) is 0 Å². The highest BCUT2D eigenvalue weighted by Gasteiger charge is 2.41. The van der Waals surface area contributed by atoms with Crippen LogP contribution in [0.3, 0.4) is 0 Å². The number of benzene rings is 1. The lowest BCUT2D eigenvalue weighted by atomic mass is 10.1. The lowest BCUT2D eigenvalue weighted by Crippen LogP contribution is -2.18. The zero-order chi connectivity index (χ0) is 18.8. The molecule has 9 heteroatoms. The molecule has 1 aromatic carbocycles. The van der Waals surface area contributed by atoms with Crippen LogP contribution in [0, 0.1) is 0 Å². The first-order chi connectivity index (χ1) is 11.7. The molecule has 25 heavy (non-hydrogen) atoms. The van der Waals surface area contributed by atoms with Crippen LogP contribution in [0.5, 0.6) is 0 Å². The highest BCUT2D eigenvalue weighted by molar-refractivity contribution is 9.10. The van der Waals surface area contributed by atoms with Crippen molar-refractivity contribution in [3.8, 4) is 11.3 Å². The number of rotatable bonds is 5. The molecule has 1 aromatic heterocycles. The van der Waals surface area contributed by atoms with Gasteiger partial charge < -0.3 is 14.6 Å². The third kappa shape index (κ3) is 4.19. The lowest BCUT2D eigenvalue weighted by Gasteiger charge is -2.16. The fourth-order valence-corrected chi connectivity index (χ4v) is 3.70. The number of alkyl halides is 3. The zero-order valence-electron chi connectivity index (χ0n) is 13.4. The molecule has 0 aliphatic heterocycles. The summed E-state index contributed by atoms with van der Waals surface area (Å²) in [6, 6.07) is 6.52. The van der Waals surface area contributed by atoms with E-state index < -0.39 is 11.9 Å². The van der Waals surface area contributed by atoms with Crippen molar-refractivity contribution in [1.29, 1.82) is 0 Å². The predicted molar refractivity (Wildman–Crippen MR) is 100.0 cm³/mol. The summed E-state index contributed by atoms with van der Waals surface area (Å²) in [4.78, 5) is 0.192. The van der Waals surface area contributed by atoms with E-state index in [1.165, 1.54) is 0 Å². The van der Waals surface area contributed by atoms with Crippen LogP contribution in [0.15, 0.2) is 28.7 Å². The van der Waals surface area contributed by atoms with E-state index in [1.807, 2.05) is 0 Å². The van der Waals surface area contributed by atoms with Gasteiger partial charge in [0, 0.05) is 24.2 Å². The van der Waals surface area contributed by atoms with Gasteiger partial charge in [0.05, 0.1) is 10.2 Å². The minimum atomic E-state index is -4.58. The average molecular weight is 456 g/mol. The van der Waals surface area contributed by atoms with E-state index in [2.05, 4.69) is 21.2 Å². The number of nitrogens with one attached hydrogen (secondary N) is 1. The minimum absolute atomic E-state index is 0.121. The molecule has 0 radical (unpaired) electrons. The second kappa shape index (κ2) is 8.07. The summed E-state index contributed by atoms with van der Waals surface area (Å²) in [5.41, 5.74) is 0.266. The van der Waals surface area contributed by atoms with Gasteiger partial charge in [-0.25, -0.2) is 0 Å². The van der Waals surface area contributed by atoms with Gasteiger partial charge in [-0.1, -0.05) is 36.0 Å². The van der Waals surface area contributed by atoms with E-state index in [1.54, 1.807) is 38.2 Å². The van der Waals surface area contributed by atoms with E-state index in [4.69, 9.17) is 28.6 Å². The van der Waals surface area contributed by atoms with Crippen LogP contribution < -0.4 is 5.32 Å². The van der Waals surface area contributed by atoms with Crippen molar-refractivity contribution in [3.05, 3.63) is 45.0 Å². The zero-order valence-corrected chi connectivity index (χ0v) is 16.5. The highest BCUT2D eigenvalue weighted by Crippen LogP contribution is 2.43. The Morgan fingerprint density at radius 1 is 1.32 bits per heavy atom. The molecule has 0 aliphatic rings. The Balaban J connectivity index is 2.84. The largest absolute Gasteiger partial charge is 0.432 e. The van der Waals surface area contributed by atoms with Gasteiger partial charge in [0.15, 0.2) is 0 Å². The van der Waals surface area contributed by atoms with Crippen LogP contribution in [0.2, 0.25) is 5.02 Å². The second-order valence-corrected chi connectivity index (χ2v) is 6.66. The Morgan fingerprint density at radius 3 is 2.40 bits per heavy atom. The number of hydrogen-bond acceptors (Lipinski definition) is 2. The smallest absolute Gasteiger partial charge is 0.379 e. The summed E-state index contributed by atoms with van der Waals surface area (Å²) in [5, 5.41) is 3.23. The SMILES string of the molecule is CCOCn1c(-c2ccc(Cl)cc2)c(C(=S)NC)c(Br)c1C(F)(F)F. The molecule has 0 amide bonds. The highest BCUT2D eigenvalue weighted by atomic mass is 79.9. The van der Waals surface area contributed by atoms with Crippen LogP contribution in [-0.2, 0) is 17.6 Å². The molecule has 3 nitrogen and oxygen atoms in total. The van der Waals surface area contributed by atoms with Gasteiger partial charge in [-0.15, -0.1) is 0 Å². The first kappa shape index (κ1) is 20.2. The quantitative estimate of drug-likeness (QED) is 0.605. The summed E-state index contributed by atoms with van der Waals surface area (Å²) < 4.78 is 47.3. The molecular weight excluding hydrogens is 441 g/mol. The number of halogens is 5. The van der Waals surface area contributed by atoms with Gasteiger partial charge in [0.1, 0.15) is 17.4 Å². The van der Waals surface area contributed by atoms with Gasteiger partial charge in [-0.05, 0) is 40.5 Å². The lowest BCUT2D eigenvalue weighted by molar-refractivity contribution is -0.146.